The molecule has 3 unspecified atom stereocenters. The van der Waals surface area contributed by atoms with Gasteiger partial charge in [-0.3, -0.25) is 29.8 Å². The Labute approximate surface area is 255 Å². The second-order valence-electron chi connectivity index (χ2n) is 11.3. The van der Waals surface area contributed by atoms with Gasteiger partial charge < -0.3 is 9.47 Å². The van der Waals surface area contributed by atoms with E-state index in [0.29, 0.717) is 18.7 Å². The van der Waals surface area contributed by atoms with Gasteiger partial charge in [0.15, 0.2) is 11.2 Å². The third kappa shape index (κ3) is 5.55. The Balaban J connectivity index is 1.42. The Morgan fingerprint density at radius 2 is 1.57 bits per heavy atom. The first-order valence-corrected chi connectivity index (χ1v) is 14.8. The van der Waals surface area contributed by atoms with Crippen LogP contribution in [0.15, 0.2) is 102 Å². The number of aromatic nitrogens is 4. The van der Waals surface area contributed by atoms with Gasteiger partial charge in [0, 0.05) is 25.5 Å². The molecule has 44 heavy (non-hydrogen) atoms. The highest BCUT2D eigenvalue weighted by atomic mass is 16.5. The molecule has 0 spiro atoms. The Kier molecular flexibility index (Phi) is 8.38. The largest absolute Gasteiger partial charge is 0.382 e. The van der Waals surface area contributed by atoms with Crippen LogP contribution in [-0.2, 0) is 19.8 Å². The maximum Gasteiger partial charge on any atom is 0.280 e. The van der Waals surface area contributed by atoms with Crippen molar-refractivity contribution in [3.05, 3.63) is 124 Å². The van der Waals surface area contributed by atoms with Gasteiger partial charge in [-0.25, -0.2) is 4.98 Å². The fraction of sp³-hybridized carbons (Fsp3) is 0.294. The number of ether oxygens (including phenoxy) is 2. The smallest absolute Gasteiger partial charge is 0.280 e. The quantitative estimate of drug-likeness (QED) is 0.203. The van der Waals surface area contributed by atoms with Gasteiger partial charge in [-0.15, -0.1) is 0 Å². The molecule has 3 atom stereocenters. The number of amides is 1. The molecule has 2 aromatic heterocycles. The van der Waals surface area contributed by atoms with E-state index >= 15 is 0 Å². The number of carbonyl (C=O) groups excluding carboxylic acids is 1. The van der Waals surface area contributed by atoms with Crippen molar-refractivity contribution in [2.24, 2.45) is 5.92 Å². The number of hydrogen-bond donors (Lipinski definition) is 3. The lowest BCUT2D eigenvalue weighted by Crippen LogP contribution is -2.53. The number of rotatable bonds is 10. The maximum atomic E-state index is 12.9. The average Bonchev–Trinajstić information content (AvgIpc) is 3.65. The van der Waals surface area contributed by atoms with Gasteiger partial charge in [0.1, 0.15) is 6.23 Å². The Hall–Kier alpha value is -4.64. The van der Waals surface area contributed by atoms with Gasteiger partial charge in [-0.1, -0.05) is 105 Å². The summed E-state index contributed by atoms with van der Waals surface area (Å²) in [5.41, 5.74) is 2.61. The first-order chi connectivity index (χ1) is 21.4. The summed E-state index contributed by atoms with van der Waals surface area (Å²) in [5, 5.41) is 6.72. The van der Waals surface area contributed by atoms with Crippen molar-refractivity contribution in [3.8, 4) is 0 Å². The zero-order valence-electron chi connectivity index (χ0n) is 24.9. The Morgan fingerprint density at radius 1 is 1.00 bits per heavy atom. The molecule has 3 aromatic carbocycles. The van der Waals surface area contributed by atoms with Crippen LogP contribution >= 0.6 is 0 Å². The minimum atomic E-state index is -0.709. The first kappa shape index (κ1) is 29.4. The molecule has 226 valence electrons. The van der Waals surface area contributed by atoms with E-state index in [9.17, 15) is 9.59 Å². The average molecular weight is 593 g/mol. The number of aromatic amines is 1. The minimum Gasteiger partial charge on any atom is -0.382 e. The highest BCUT2D eigenvalue weighted by Crippen LogP contribution is 2.40. The number of anilines is 1. The molecule has 0 bridgehead atoms. The summed E-state index contributed by atoms with van der Waals surface area (Å²) in [4.78, 5) is 36.7. The van der Waals surface area contributed by atoms with Crippen molar-refractivity contribution < 1.29 is 14.3 Å². The van der Waals surface area contributed by atoms with E-state index in [4.69, 9.17) is 9.47 Å². The van der Waals surface area contributed by atoms with E-state index in [2.05, 4.69) is 98.4 Å². The van der Waals surface area contributed by atoms with E-state index in [1.54, 1.807) is 31.9 Å². The number of benzene rings is 3. The summed E-state index contributed by atoms with van der Waals surface area (Å²) in [5.74, 6) is -0.459. The van der Waals surface area contributed by atoms with E-state index in [0.717, 1.165) is 16.7 Å². The SMILES string of the molecule is COCC1OC(n2cnc3c(=O)[nH]c(NC(=O)C(C)C)nc32)CC1NC(c1ccccc1)(c1ccccc1)c1ccccc1. The predicted molar refractivity (Wildman–Crippen MR) is 168 cm³/mol. The van der Waals surface area contributed by atoms with Gasteiger partial charge in [0.25, 0.3) is 5.56 Å². The monoisotopic (exact) mass is 592 g/mol. The Morgan fingerprint density at radius 3 is 2.09 bits per heavy atom. The van der Waals surface area contributed by atoms with Gasteiger partial charge >= 0.3 is 0 Å². The Bertz CT molecular complexity index is 1680. The lowest BCUT2D eigenvalue weighted by molar-refractivity contribution is -0.118. The summed E-state index contributed by atoms with van der Waals surface area (Å²) in [6.45, 7) is 3.89. The molecule has 1 aliphatic rings. The lowest BCUT2D eigenvalue weighted by atomic mass is 9.76. The molecule has 3 N–H and O–H groups in total. The molecular weight excluding hydrogens is 556 g/mol. The second-order valence-corrected chi connectivity index (χ2v) is 11.3. The summed E-state index contributed by atoms with van der Waals surface area (Å²) in [6, 6.07) is 31.0. The zero-order chi connectivity index (χ0) is 30.7. The third-order valence-corrected chi connectivity index (χ3v) is 8.10. The van der Waals surface area contributed by atoms with Crippen molar-refractivity contribution in [2.45, 2.75) is 44.2 Å². The summed E-state index contributed by atoms with van der Waals surface area (Å²) >= 11 is 0. The van der Waals surface area contributed by atoms with Crippen LogP contribution in [0.5, 0.6) is 0 Å². The number of H-pyrrole nitrogens is 1. The normalized spacial score (nSPS) is 18.6. The van der Waals surface area contributed by atoms with E-state index in [-0.39, 0.29) is 35.4 Å². The molecule has 1 saturated heterocycles. The lowest BCUT2D eigenvalue weighted by Gasteiger charge is -2.40. The molecular formula is C34H36N6O4. The number of nitrogens with zero attached hydrogens (tertiary/aromatic N) is 3. The molecule has 1 aliphatic heterocycles. The number of methoxy groups -OCH3 is 1. The van der Waals surface area contributed by atoms with Gasteiger partial charge in [0.2, 0.25) is 11.9 Å². The summed E-state index contributed by atoms with van der Waals surface area (Å²) < 4.78 is 14.0. The zero-order valence-corrected chi connectivity index (χ0v) is 24.9. The fourth-order valence-electron chi connectivity index (χ4n) is 5.92. The molecule has 0 saturated carbocycles. The van der Waals surface area contributed by atoms with Crippen molar-refractivity contribution >= 4 is 23.0 Å². The topological polar surface area (TPSA) is 123 Å². The molecule has 0 radical (unpaired) electrons. The summed E-state index contributed by atoms with van der Waals surface area (Å²) in [7, 11) is 1.66. The highest BCUT2D eigenvalue weighted by Gasteiger charge is 2.44. The van der Waals surface area contributed by atoms with Gasteiger partial charge in [-0.05, 0) is 16.7 Å². The summed E-state index contributed by atoms with van der Waals surface area (Å²) in [6.07, 6.45) is 1.27. The minimum absolute atomic E-state index is 0.0697. The van der Waals surface area contributed by atoms with Crippen LogP contribution in [0.2, 0.25) is 0 Å². The van der Waals surface area contributed by atoms with Crippen LogP contribution in [-0.4, -0.2) is 51.3 Å². The predicted octanol–water partition coefficient (Wildman–Crippen LogP) is 4.60. The number of carbonyl (C=O) groups is 1. The molecule has 1 fully saturated rings. The number of hydrogen-bond acceptors (Lipinski definition) is 7. The van der Waals surface area contributed by atoms with Crippen LogP contribution in [0.25, 0.3) is 11.2 Å². The molecule has 6 rings (SSSR count). The van der Waals surface area contributed by atoms with Crippen LogP contribution < -0.4 is 16.2 Å². The van der Waals surface area contributed by atoms with Crippen LogP contribution in [0.1, 0.15) is 43.2 Å². The molecule has 10 heteroatoms. The molecule has 0 aliphatic carbocycles. The van der Waals surface area contributed by atoms with Crippen molar-refractivity contribution in [2.75, 3.05) is 19.0 Å². The number of imidazole rings is 1. The molecule has 1 amide bonds. The van der Waals surface area contributed by atoms with E-state index < -0.39 is 17.3 Å². The van der Waals surface area contributed by atoms with Crippen LogP contribution in [0.3, 0.4) is 0 Å². The van der Waals surface area contributed by atoms with Crippen LogP contribution in [0, 0.1) is 5.92 Å². The fourth-order valence-corrected chi connectivity index (χ4v) is 5.92. The maximum absolute atomic E-state index is 12.9. The van der Waals surface area contributed by atoms with Crippen molar-refractivity contribution in [3.63, 3.8) is 0 Å². The van der Waals surface area contributed by atoms with E-state index in [1.807, 2.05) is 18.2 Å². The van der Waals surface area contributed by atoms with Crippen LogP contribution in [0.4, 0.5) is 5.95 Å². The van der Waals surface area contributed by atoms with Crippen molar-refractivity contribution in [1.29, 1.82) is 0 Å². The van der Waals surface area contributed by atoms with Gasteiger partial charge in [0.05, 0.1) is 24.6 Å². The van der Waals surface area contributed by atoms with E-state index in [1.165, 1.54) is 0 Å². The third-order valence-electron chi connectivity index (χ3n) is 8.10. The first-order valence-electron chi connectivity index (χ1n) is 14.8. The molecule has 3 heterocycles. The number of nitrogens with one attached hydrogen (secondary N) is 3. The highest BCUT2D eigenvalue weighted by molar-refractivity contribution is 5.91. The second kappa shape index (κ2) is 12.5. The standard InChI is InChI=1S/C34H36N6O4/c1-22(2)31(41)37-33-36-30-29(32(42)38-33)35-21-40(30)28-19-26(27(44-28)20-43-3)39-34(23-13-7-4-8-14-23,24-15-9-5-10-16-24)25-17-11-6-12-18-25/h4-18,21-22,26-28,39H,19-20H2,1-3H3,(H2,36,37,38,41,42). The number of fused-ring (bicyclic) bond motifs is 1. The molecule has 10 nitrogen and oxygen atoms in total. The van der Waals surface area contributed by atoms with Gasteiger partial charge in [-0.2, -0.15) is 4.98 Å². The van der Waals surface area contributed by atoms with Crippen molar-refractivity contribution in [1.82, 2.24) is 24.8 Å². The molecule has 5 aromatic rings.